The Morgan fingerprint density at radius 1 is 1.07 bits per heavy atom. The number of aromatic nitrogens is 1. The van der Waals surface area contributed by atoms with E-state index in [1.807, 2.05) is 0 Å². The molecule has 0 bridgehead atoms. The van der Waals surface area contributed by atoms with Crippen molar-refractivity contribution in [3.8, 4) is 16.9 Å². The molecule has 29 heavy (non-hydrogen) atoms. The fourth-order valence-corrected chi connectivity index (χ4v) is 2.90. The van der Waals surface area contributed by atoms with Gasteiger partial charge in [0.25, 0.3) is 5.91 Å². The van der Waals surface area contributed by atoms with Gasteiger partial charge in [0, 0.05) is 34.5 Å². The average molecular weight is 469 g/mol. The minimum Gasteiger partial charge on any atom is -0.405 e. The number of pyridine rings is 1. The summed E-state index contributed by atoms with van der Waals surface area (Å²) in [6, 6.07) is 11.4. The number of benzene rings is 2. The molecule has 0 fully saturated rings. The van der Waals surface area contributed by atoms with Crippen LogP contribution in [0, 0.1) is 5.82 Å². The van der Waals surface area contributed by atoms with Crippen molar-refractivity contribution in [1.82, 2.24) is 10.3 Å². The standard InChI is InChI=1S/C20H13BrF4N2O2/c21-16-5-4-13(18(8-16)29-20(23,24)25)11-27-19(28)15-6-14(9-26-10-15)12-2-1-3-17(22)7-12/h1-10H,11H2,(H,27,28). The van der Waals surface area contributed by atoms with Crippen molar-refractivity contribution in [2.45, 2.75) is 12.9 Å². The molecule has 1 heterocycles. The SMILES string of the molecule is O=C(NCc1ccc(Br)cc1OC(F)(F)F)c1cncc(-c2cccc(F)c2)c1. The van der Waals surface area contributed by atoms with E-state index in [-0.39, 0.29) is 17.7 Å². The highest BCUT2D eigenvalue weighted by atomic mass is 79.9. The molecule has 4 nitrogen and oxygen atoms in total. The van der Waals surface area contributed by atoms with E-state index in [2.05, 4.69) is 31.0 Å². The highest BCUT2D eigenvalue weighted by molar-refractivity contribution is 9.10. The second-order valence-corrected chi connectivity index (χ2v) is 6.87. The number of carbonyl (C=O) groups is 1. The van der Waals surface area contributed by atoms with E-state index in [0.29, 0.717) is 15.6 Å². The highest BCUT2D eigenvalue weighted by Crippen LogP contribution is 2.29. The third-order valence-corrected chi connectivity index (χ3v) is 4.35. The Morgan fingerprint density at radius 2 is 1.86 bits per heavy atom. The van der Waals surface area contributed by atoms with Crippen LogP contribution in [0.25, 0.3) is 11.1 Å². The molecule has 1 N–H and O–H groups in total. The minimum absolute atomic E-state index is 0.146. The lowest BCUT2D eigenvalue weighted by molar-refractivity contribution is -0.274. The van der Waals surface area contributed by atoms with Gasteiger partial charge in [-0.05, 0) is 35.9 Å². The number of nitrogens with one attached hydrogen (secondary N) is 1. The first-order valence-corrected chi connectivity index (χ1v) is 9.04. The number of carbonyl (C=O) groups excluding carboxylic acids is 1. The van der Waals surface area contributed by atoms with Crippen LogP contribution in [-0.2, 0) is 6.54 Å². The Bertz CT molecular complexity index is 1040. The van der Waals surface area contributed by atoms with Crippen molar-refractivity contribution in [2.75, 3.05) is 0 Å². The van der Waals surface area contributed by atoms with Crippen LogP contribution in [0.5, 0.6) is 5.75 Å². The van der Waals surface area contributed by atoms with E-state index >= 15 is 0 Å². The maximum absolute atomic E-state index is 13.4. The molecule has 0 radical (unpaired) electrons. The van der Waals surface area contributed by atoms with Crippen LogP contribution in [0.4, 0.5) is 17.6 Å². The zero-order chi connectivity index (χ0) is 21.0. The van der Waals surface area contributed by atoms with Gasteiger partial charge in [-0.3, -0.25) is 9.78 Å². The fraction of sp³-hybridized carbons (Fsp3) is 0.100. The molecule has 0 saturated carbocycles. The number of amides is 1. The third-order valence-electron chi connectivity index (χ3n) is 3.85. The number of hydrogen-bond donors (Lipinski definition) is 1. The van der Waals surface area contributed by atoms with Crippen molar-refractivity contribution in [2.24, 2.45) is 0 Å². The number of rotatable bonds is 5. The summed E-state index contributed by atoms with van der Waals surface area (Å²) >= 11 is 3.09. The van der Waals surface area contributed by atoms with Crippen molar-refractivity contribution in [1.29, 1.82) is 0 Å². The average Bonchev–Trinajstić information content (AvgIpc) is 2.66. The minimum atomic E-state index is -4.86. The van der Waals surface area contributed by atoms with Gasteiger partial charge >= 0.3 is 6.36 Å². The summed E-state index contributed by atoms with van der Waals surface area (Å²) in [4.78, 5) is 16.4. The lowest BCUT2D eigenvalue weighted by atomic mass is 10.1. The Hall–Kier alpha value is -2.94. The molecule has 2 aromatic carbocycles. The van der Waals surface area contributed by atoms with E-state index in [4.69, 9.17) is 0 Å². The summed E-state index contributed by atoms with van der Waals surface area (Å²) in [6.07, 6.45) is -2.06. The van der Waals surface area contributed by atoms with E-state index in [1.54, 1.807) is 6.07 Å². The van der Waals surface area contributed by atoms with Gasteiger partial charge in [0.2, 0.25) is 0 Å². The molecule has 0 aliphatic rings. The number of hydrogen-bond acceptors (Lipinski definition) is 3. The zero-order valence-corrected chi connectivity index (χ0v) is 16.2. The molecule has 9 heteroatoms. The van der Waals surface area contributed by atoms with Gasteiger partial charge in [-0.25, -0.2) is 4.39 Å². The first kappa shape index (κ1) is 20.8. The summed E-state index contributed by atoms with van der Waals surface area (Å²) in [7, 11) is 0. The summed E-state index contributed by atoms with van der Waals surface area (Å²) in [5.41, 5.74) is 1.40. The molecule has 150 valence electrons. The predicted molar refractivity (Wildman–Crippen MR) is 102 cm³/mol. The molecular formula is C20H13BrF4N2O2. The molecule has 3 aromatic rings. The molecule has 0 saturated heterocycles. The Balaban J connectivity index is 1.76. The lowest BCUT2D eigenvalue weighted by Gasteiger charge is -2.14. The van der Waals surface area contributed by atoms with Crippen LogP contribution in [0.2, 0.25) is 0 Å². The number of alkyl halides is 3. The number of nitrogens with zero attached hydrogens (tertiary/aromatic N) is 1. The van der Waals surface area contributed by atoms with Crippen molar-refractivity contribution >= 4 is 21.8 Å². The normalized spacial score (nSPS) is 11.2. The largest absolute Gasteiger partial charge is 0.573 e. The zero-order valence-electron chi connectivity index (χ0n) is 14.6. The summed E-state index contributed by atoms with van der Waals surface area (Å²) in [6.45, 7) is -0.193. The topological polar surface area (TPSA) is 51.2 Å². The second kappa shape index (κ2) is 8.60. The molecule has 0 spiro atoms. The van der Waals surface area contributed by atoms with Gasteiger partial charge < -0.3 is 10.1 Å². The highest BCUT2D eigenvalue weighted by Gasteiger charge is 2.32. The van der Waals surface area contributed by atoms with Gasteiger partial charge in [-0.1, -0.05) is 34.1 Å². The fourth-order valence-electron chi connectivity index (χ4n) is 2.56. The Kier molecular flexibility index (Phi) is 6.17. The number of halogens is 5. The van der Waals surface area contributed by atoms with Gasteiger partial charge in [0.1, 0.15) is 11.6 Å². The maximum atomic E-state index is 13.4. The quantitative estimate of drug-likeness (QED) is 0.504. The van der Waals surface area contributed by atoms with Crippen LogP contribution >= 0.6 is 15.9 Å². The van der Waals surface area contributed by atoms with Gasteiger partial charge in [0.05, 0.1) is 5.56 Å². The second-order valence-electron chi connectivity index (χ2n) is 5.96. The van der Waals surface area contributed by atoms with Crippen LogP contribution in [0.15, 0.2) is 65.4 Å². The molecule has 3 rings (SSSR count). The smallest absolute Gasteiger partial charge is 0.405 e. The first-order chi connectivity index (χ1) is 13.7. The summed E-state index contributed by atoms with van der Waals surface area (Å²) < 4.78 is 55.6. The summed E-state index contributed by atoms with van der Waals surface area (Å²) in [5, 5.41) is 2.54. The first-order valence-electron chi connectivity index (χ1n) is 8.24. The predicted octanol–water partition coefficient (Wildman–Crippen LogP) is 5.48. The van der Waals surface area contributed by atoms with E-state index in [0.717, 1.165) is 0 Å². The monoisotopic (exact) mass is 468 g/mol. The van der Waals surface area contributed by atoms with Crippen molar-refractivity contribution in [3.05, 3.63) is 82.3 Å². The third kappa shape index (κ3) is 5.77. The summed E-state index contributed by atoms with van der Waals surface area (Å²) in [5.74, 6) is -1.39. The van der Waals surface area contributed by atoms with Crippen molar-refractivity contribution < 1.29 is 27.1 Å². The van der Waals surface area contributed by atoms with Crippen molar-refractivity contribution in [3.63, 3.8) is 0 Å². The van der Waals surface area contributed by atoms with Gasteiger partial charge in [-0.15, -0.1) is 13.2 Å². The van der Waals surface area contributed by atoms with Crippen LogP contribution < -0.4 is 10.1 Å². The van der Waals surface area contributed by atoms with E-state index < -0.39 is 23.8 Å². The van der Waals surface area contributed by atoms with Gasteiger partial charge in [-0.2, -0.15) is 0 Å². The molecule has 0 aliphatic carbocycles. The van der Waals surface area contributed by atoms with Crippen LogP contribution in [0.1, 0.15) is 15.9 Å². The van der Waals surface area contributed by atoms with E-state index in [1.165, 1.54) is 54.9 Å². The molecule has 1 amide bonds. The molecule has 0 unspecified atom stereocenters. The Labute approximate surface area is 171 Å². The molecule has 0 atom stereocenters. The van der Waals surface area contributed by atoms with Gasteiger partial charge in [0.15, 0.2) is 0 Å². The van der Waals surface area contributed by atoms with Crippen LogP contribution in [-0.4, -0.2) is 17.3 Å². The maximum Gasteiger partial charge on any atom is 0.573 e. The van der Waals surface area contributed by atoms with Crippen LogP contribution in [0.3, 0.4) is 0 Å². The number of ether oxygens (including phenoxy) is 1. The Morgan fingerprint density at radius 3 is 2.59 bits per heavy atom. The molecule has 1 aromatic heterocycles. The lowest BCUT2D eigenvalue weighted by Crippen LogP contribution is -2.24. The van der Waals surface area contributed by atoms with E-state index in [9.17, 15) is 22.4 Å². The molecule has 0 aliphatic heterocycles. The molecular weight excluding hydrogens is 456 g/mol.